The average Bonchev–Trinajstić information content (AvgIpc) is 2.79. The maximum atomic E-state index is 12.7. The van der Waals surface area contributed by atoms with Gasteiger partial charge in [0.1, 0.15) is 5.75 Å². The predicted molar refractivity (Wildman–Crippen MR) is 97.4 cm³/mol. The molecule has 0 N–H and O–H groups in total. The first-order chi connectivity index (χ1) is 12.5. The molecule has 144 valence electrons. The lowest BCUT2D eigenvalue weighted by Crippen LogP contribution is -2.37. The normalized spacial score (nSPS) is 25.5. The summed E-state index contributed by atoms with van der Waals surface area (Å²) in [5, 5.41) is -0.396. The number of sulfonamides is 1. The second kappa shape index (κ2) is 8.37. The Morgan fingerprint density at radius 3 is 2.65 bits per heavy atom. The van der Waals surface area contributed by atoms with Crippen LogP contribution in [-0.2, 0) is 19.6 Å². The van der Waals surface area contributed by atoms with E-state index in [2.05, 4.69) is 0 Å². The van der Waals surface area contributed by atoms with Crippen LogP contribution in [-0.4, -0.2) is 75.3 Å². The van der Waals surface area contributed by atoms with Crippen LogP contribution < -0.4 is 4.74 Å². The van der Waals surface area contributed by atoms with E-state index in [9.17, 15) is 13.2 Å². The molecule has 1 amide bonds. The molecule has 26 heavy (non-hydrogen) atoms. The minimum atomic E-state index is -3.30. The molecule has 0 bridgehead atoms. The zero-order valence-electron chi connectivity index (χ0n) is 15.0. The minimum Gasteiger partial charge on any atom is -0.484 e. The summed E-state index contributed by atoms with van der Waals surface area (Å²) in [5.74, 6) is 0.635. The van der Waals surface area contributed by atoms with E-state index in [1.807, 2.05) is 18.2 Å². The van der Waals surface area contributed by atoms with Crippen molar-refractivity contribution in [2.24, 2.45) is 5.92 Å². The number of hydrogen-bond acceptors (Lipinski definition) is 5. The zero-order chi connectivity index (χ0) is 18.6. The summed E-state index contributed by atoms with van der Waals surface area (Å²) in [7, 11) is -1.73. The van der Waals surface area contributed by atoms with Crippen molar-refractivity contribution < 1.29 is 22.7 Å². The van der Waals surface area contributed by atoms with Crippen LogP contribution in [0.4, 0.5) is 0 Å². The number of ether oxygens (including phenoxy) is 2. The molecule has 2 aliphatic rings. The van der Waals surface area contributed by atoms with E-state index in [0.717, 1.165) is 0 Å². The van der Waals surface area contributed by atoms with E-state index in [4.69, 9.17) is 9.47 Å². The van der Waals surface area contributed by atoms with Crippen LogP contribution in [0.25, 0.3) is 0 Å². The molecule has 1 aromatic carbocycles. The first kappa shape index (κ1) is 19.1. The number of rotatable bonds is 6. The summed E-state index contributed by atoms with van der Waals surface area (Å²) >= 11 is 0. The van der Waals surface area contributed by atoms with Crippen LogP contribution in [0.1, 0.15) is 12.8 Å². The predicted octanol–water partition coefficient (Wildman–Crippen LogP) is 0.964. The maximum Gasteiger partial charge on any atom is 0.260 e. The third-order valence-corrected chi connectivity index (χ3v) is 7.60. The smallest absolute Gasteiger partial charge is 0.260 e. The quantitative estimate of drug-likeness (QED) is 0.733. The molecule has 0 unspecified atom stereocenters. The van der Waals surface area contributed by atoms with Gasteiger partial charge in [0.2, 0.25) is 10.0 Å². The van der Waals surface area contributed by atoms with Gasteiger partial charge in [-0.2, -0.15) is 4.31 Å². The summed E-state index contributed by atoms with van der Waals surface area (Å²) in [6.45, 7) is 2.34. The molecule has 0 spiro atoms. The molecule has 7 nitrogen and oxygen atoms in total. The number of benzene rings is 1. The molecule has 2 fully saturated rings. The Bertz CT molecular complexity index is 710. The highest BCUT2D eigenvalue weighted by molar-refractivity contribution is 7.90. The number of likely N-dealkylation sites (tertiary alicyclic amines) is 1. The number of hydrogen-bond donors (Lipinski definition) is 0. The van der Waals surface area contributed by atoms with Gasteiger partial charge in [-0.15, -0.1) is 0 Å². The second-order valence-electron chi connectivity index (χ2n) is 6.75. The number of carbonyl (C=O) groups excluding carboxylic acids is 1. The van der Waals surface area contributed by atoms with Gasteiger partial charge in [0, 0.05) is 33.3 Å². The largest absolute Gasteiger partial charge is 0.484 e. The Balaban J connectivity index is 1.56. The number of amides is 1. The molecular formula is C18H26N2O5S. The summed E-state index contributed by atoms with van der Waals surface area (Å²) in [4.78, 5) is 14.2. The van der Waals surface area contributed by atoms with Gasteiger partial charge in [-0.3, -0.25) is 4.79 Å². The SMILES string of the molecule is COCCN1C[C@@H]2CCN(C(=O)COc3ccccc3)CC[C@@H]2S1(=O)=O. The van der Waals surface area contributed by atoms with E-state index in [1.165, 1.54) is 0 Å². The summed E-state index contributed by atoms with van der Waals surface area (Å²) in [5.41, 5.74) is 0. The lowest BCUT2D eigenvalue weighted by Gasteiger charge is -2.22. The molecule has 2 atom stereocenters. The van der Waals surface area contributed by atoms with Crippen molar-refractivity contribution in [2.45, 2.75) is 18.1 Å². The third kappa shape index (κ3) is 4.19. The van der Waals surface area contributed by atoms with Gasteiger partial charge in [0.15, 0.2) is 6.61 Å². The van der Waals surface area contributed by atoms with Gasteiger partial charge >= 0.3 is 0 Å². The van der Waals surface area contributed by atoms with Gasteiger partial charge in [-0.1, -0.05) is 18.2 Å². The van der Waals surface area contributed by atoms with Crippen molar-refractivity contribution >= 4 is 15.9 Å². The Morgan fingerprint density at radius 2 is 1.92 bits per heavy atom. The molecule has 8 heteroatoms. The molecule has 3 rings (SSSR count). The third-order valence-electron chi connectivity index (χ3n) is 5.16. The van der Waals surface area contributed by atoms with Crippen molar-refractivity contribution in [1.29, 1.82) is 0 Å². The molecule has 2 aliphatic heterocycles. The Kier molecular flexibility index (Phi) is 6.16. The lowest BCUT2D eigenvalue weighted by molar-refractivity contribution is -0.133. The molecule has 0 aromatic heterocycles. The van der Waals surface area contributed by atoms with Crippen LogP contribution in [0.3, 0.4) is 0 Å². The fraction of sp³-hybridized carbons (Fsp3) is 0.611. The summed E-state index contributed by atoms with van der Waals surface area (Å²) < 4.78 is 37.5. The first-order valence-corrected chi connectivity index (χ1v) is 10.5. The number of fused-ring (bicyclic) bond motifs is 1. The topological polar surface area (TPSA) is 76.2 Å². The number of methoxy groups -OCH3 is 1. The number of carbonyl (C=O) groups is 1. The monoisotopic (exact) mass is 382 g/mol. The highest BCUT2D eigenvalue weighted by Crippen LogP contribution is 2.34. The molecule has 2 saturated heterocycles. The van der Waals surface area contributed by atoms with Crippen molar-refractivity contribution in [3.05, 3.63) is 30.3 Å². The van der Waals surface area contributed by atoms with Crippen LogP contribution in [0.15, 0.2) is 30.3 Å². The highest BCUT2D eigenvalue weighted by Gasteiger charge is 2.46. The summed E-state index contributed by atoms with van der Waals surface area (Å²) in [6, 6.07) is 9.21. The van der Waals surface area contributed by atoms with Crippen molar-refractivity contribution in [2.75, 3.05) is 46.5 Å². The number of para-hydroxylation sites is 1. The molecule has 2 heterocycles. The molecule has 0 aliphatic carbocycles. The van der Waals surface area contributed by atoms with E-state index < -0.39 is 15.3 Å². The second-order valence-corrected chi connectivity index (χ2v) is 8.91. The van der Waals surface area contributed by atoms with E-state index in [-0.39, 0.29) is 18.4 Å². The van der Waals surface area contributed by atoms with E-state index in [0.29, 0.717) is 51.4 Å². The Morgan fingerprint density at radius 1 is 1.19 bits per heavy atom. The fourth-order valence-corrected chi connectivity index (χ4v) is 5.93. The maximum absolute atomic E-state index is 12.7. The van der Waals surface area contributed by atoms with Crippen LogP contribution in [0.2, 0.25) is 0 Å². The zero-order valence-corrected chi connectivity index (χ0v) is 15.9. The first-order valence-electron chi connectivity index (χ1n) is 8.96. The van der Waals surface area contributed by atoms with Gasteiger partial charge in [-0.05, 0) is 30.9 Å². The van der Waals surface area contributed by atoms with Gasteiger partial charge in [0.25, 0.3) is 5.91 Å². The van der Waals surface area contributed by atoms with Crippen molar-refractivity contribution in [1.82, 2.24) is 9.21 Å². The van der Waals surface area contributed by atoms with Crippen LogP contribution >= 0.6 is 0 Å². The minimum absolute atomic E-state index is 0.0218. The highest BCUT2D eigenvalue weighted by atomic mass is 32.2. The van der Waals surface area contributed by atoms with Crippen molar-refractivity contribution in [3.63, 3.8) is 0 Å². The molecule has 0 radical (unpaired) electrons. The van der Waals surface area contributed by atoms with Gasteiger partial charge in [-0.25, -0.2) is 8.42 Å². The lowest BCUT2D eigenvalue weighted by atomic mass is 10.0. The molecule has 1 aromatic rings. The van der Waals surface area contributed by atoms with Crippen molar-refractivity contribution in [3.8, 4) is 5.75 Å². The molecule has 0 saturated carbocycles. The number of nitrogens with zero attached hydrogens (tertiary/aromatic N) is 2. The fourth-order valence-electron chi connectivity index (χ4n) is 3.71. The summed E-state index contributed by atoms with van der Waals surface area (Å²) in [6.07, 6.45) is 1.18. The van der Waals surface area contributed by atoms with Gasteiger partial charge in [0.05, 0.1) is 11.9 Å². The Hall–Kier alpha value is -1.64. The molecular weight excluding hydrogens is 356 g/mol. The van der Waals surface area contributed by atoms with E-state index in [1.54, 1.807) is 28.4 Å². The Labute approximate surface area is 154 Å². The van der Waals surface area contributed by atoms with E-state index >= 15 is 0 Å². The average molecular weight is 382 g/mol. The van der Waals surface area contributed by atoms with Crippen LogP contribution in [0.5, 0.6) is 5.75 Å². The van der Waals surface area contributed by atoms with Crippen LogP contribution in [0, 0.1) is 5.92 Å². The van der Waals surface area contributed by atoms with Gasteiger partial charge < -0.3 is 14.4 Å². The standard InChI is InChI=1S/C18H26N2O5S/c1-24-12-11-20-13-15-7-9-19(10-8-17(15)26(20,22)23)18(21)14-25-16-5-3-2-4-6-16/h2-6,15,17H,7-14H2,1H3/t15-,17-/m0/s1.